The van der Waals surface area contributed by atoms with Gasteiger partial charge >= 0.3 is 5.97 Å². The van der Waals surface area contributed by atoms with Gasteiger partial charge < -0.3 is 26.8 Å². The van der Waals surface area contributed by atoms with Crippen LogP contribution in [-0.4, -0.2) is 28.9 Å². The summed E-state index contributed by atoms with van der Waals surface area (Å²) in [5, 5.41) is 16.8. The van der Waals surface area contributed by atoms with Crippen LogP contribution in [0, 0.1) is 5.92 Å². The Hall–Kier alpha value is -2.87. The van der Waals surface area contributed by atoms with Crippen LogP contribution in [-0.2, 0) is 9.59 Å². The second kappa shape index (κ2) is 9.57. The summed E-state index contributed by atoms with van der Waals surface area (Å²) >= 11 is 0. The van der Waals surface area contributed by atoms with Gasteiger partial charge in [-0.15, -0.1) is 0 Å². The number of nitrogens with one attached hydrogen (secondary N) is 3. The van der Waals surface area contributed by atoms with Crippen LogP contribution in [0.2, 0.25) is 0 Å². The van der Waals surface area contributed by atoms with Crippen molar-refractivity contribution in [3.8, 4) is 0 Å². The molecule has 26 heavy (non-hydrogen) atoms. The lowest BCUT2D eigenvalue weighted by molar-refractivity contribution is -0.125. The fraction of sp³-hybridized carbons (Fsp3) is 0.389. The zero-order valence-electron chi connectivity index (χ0n) is 15.4. The number of carboxylic acids is 1. The van der Waals surface area contributed by atoms with Crippen LogP contribution < -0.4 is 21.7 Å². The van der Waals surface area contributed by atoms with Gasteiger partial charge in [-0.2, -0.15) is 0 Å². The molecule has 8 nitrogen and oxygen atoms in total. The van der Waals surface area contributed by atoms with E-state index in [9.17, 15) is 14.4 Å². The van der Waals surface area contributed by atoms with Gasteiger partial charge in [0.2, 0.25) is 5.91 Å². The Kier molecular flexibility index (Phi) is 7.79. The number of carboxylic acid groups (broad SMARTS) is 1. The highest BCUT2D eigenvalue weighted by atomic mass is 16.4. The summed E-state index contributed by atoms with van der Waals surface area (Å²) in [6.07, 6.45) is 0.876. The Bertz CT molecular complexity index is 678. The Morgan fingerprint density at radius 3 is 2.12 bits per heavy atom. The number of aromatic carboxylic acids is 1. The van der Waals surface area contributed by atoms with Crippen LogP contribution >= 0.6 is 0 Å². The van der Waals surface area contributed by atoms with Crippen LogP contribution in [0.3, 0.4) is 0 Å². The molecule has 1 aliphatic heterocycles. The van der Waals surface area contributed by atoms with Crippen molar-refractivity contribution >= 4 is 17.8 Å². The van der Waals surface area contributed by atoms with Crippen molar-refractivity contribution in [2.24, 2.45) is 11.7 Å². The SMILES string of the molecule is CC(C)C.CC(N)C(=O)NC1=CNC(c2ccc(C(=O)O)cc2)NC1=O. The van der Waals surface area contributed by atoms with E-state index in [-0.39, 0.29) is 11.3 Å². The molecular formula is C18H26N4O4. The smallest absolute Gasteiger partial charge is 0.335 e. The van der Waals surface area contributed by atoms with Gasteiger partial charge in [0.25, 0.3) is 5.91 Å². The summed E-state index contributed by atoms with van der Waals surface area (Å²) in [6, 6.07) is 5.36. The number of amides is 2. The molecule has 0 saturated heterocycles. The van der Waals surface area contributed by atoms with Crippen molar-refractivity contribution in [1.82, 2.24) is 16.0 Å². The van der Waals surface area contributed by atoms with Gasteiger partial charge in [0.15, 0.2) is 0 Å². The van der Waals surface area contributed by atoms with Crippen LogP contribution in [0.15, 0.2) is 36.2 Å². The van der Waals surface area contributed by atoms with Crippen molar-refractivity contribution in [3.05, 3.63) is 47.3 Å². The lowest BCUT2D eigenvalue weighted by Gasteiger charge is -2.25. The Labute approximate surface area is 152 Å². The average molecular weight is 362 g/mol. The molecule has 0 fully saturated rings. The summed E-state index contributed by atoms with van der Waals surface area (Å²) in [5.41, 5.74) is 6.33. The maximum atomic E-state index is 11.9. The van der Waals surface area contributed by atoms with Gasteiger partial charge in [0, 0.05) is 6.20 Å². The van der Waals surface area contributed by atoms with Gasteiger partial charge in [-0.25, -0.2) is 4.79 Å². The molecule has 8 heteroatoms. The quantitative estimate of drug-likeness (QED) is 0.544. The first-order valence-electron chi connectivity index (χ1n) is 8.28. The van der Waals surface area contributed by atoms with Crippen LogP contribution in [0.5, 0.6) is 0 Å². The molecule has 1 heterocycles. The highest BCUT2D eigenvalue weighted by molar-refractivity contribution is 5.99. The molecule has 0 aliphatic carbocycles. The molecule has 6 N–H and O–H groups in total. The van der Waals surface area contributed by atoms with E-state index in [1.165, 1.54) is 25.3 Å². The Morgan fingerprint density at radius 2 is 1.69 bits per heavy atom. The molecule has 2 amide bonds. The van der Waals surface area contributed by atoms with E-state index >= 15 is 0 Å². The highest BCUT2D eigenvalue weighted by Gasteiger charge is 2.23. The van der Waals surface area contributed by atoms with Crippen molar-refractivity contribution in [2.45, 2.75) is 39.9 Å². The third-order valence-corrected chi connectivity index (χ3v) is 3.08. The first-order valence-corrected chi connectivity index (χ1v) is 8.28. The zero-order valence-corrected chi connectivity index (χ0v) is 15.4. The molecule has 0 saturated carbocycles. The lowest BCUT2D eigenvalue weighted by Crippen LogP contribution is -2.48. The van der Waals surface area contributed by atoms with Gasteiger partial charge in [0.05, 0.1) is 11.6 Å². The number of hydrogen-bond donors (Lipinski definition) is 5. The monoisotopic (exact) mass is 362 g/mol. The predicted octanol–water partition coefficient (Wildman–Crippen LogP) is 1.07. The number of carbonyl (C=O) groups excluding carboxylic acids is 2. The molecule has 142 valence electrons. The van der Waals surface area contributed by atoms with Crippen molar-refractivity contribution < 1.29 is 19.5 Å². The fourth-order valence-corrected chi connectivity index (χ4v) is 1.82. The maximum Gasteiger partial charge on any atom is 0.335 e. The molecule has 0 bridgehead atoms. The third-order valence-electron chi connectivity index (χ3n) is 3.08. The molecule has 0 spiro atoms. The molecule has 2 unspecified atom stereocenters. The van der Waals surface area contributed by atoms with Crippen LogP contribution in [0.4, 0.5) is 0 Å². The van der Waals surface area contributed by atoms with Gasteiger partial charge in [0.1, 0.15) is 11.9 Å². The minimum Gasteiger partial charge on any atom is -0.478 e. The summed E-state index contributed by atoms with van der Waals surface area (Å²) in [6.45, 7) is 8.01. The molecule has 2 rings (SSSR count). The van der Waals surface area contributed by atoms with Crippen LogP contribution in [0.1, 0.15) is 49.8 Å². The first kappa shape index (κ1) is 21.2. The van der Waals surface area contributed by atoms with E-state index in [0.29, 0.717) is 5.56 Å². The molecule has 0 aromatic heterocycles. The molecule has 1 aromatic carbocycles. The van der Waals surface area contributed by atoms with E-state index in [4.69, 9.17) is 10.8 Å². The second-order valence-electron chi connectivity index (χ2n) is 6.57. The first-order chi connectivity index (χ1) is 12.1. The number of hydrogen-bond acceptors (Lipinski definition) is 5. The van der Waals surface area contributed by atoms with Crippen LogP contribution in [0.25, 0.3) is 0 Å². The minimum absolute atomic E-state index is 0.0701. The summed E-state index contributed by atoms with van der Waals surface area (Å²) in [7, 11) is 0. The molecule has 0 radical (unpaired) electrons. The molecule has 1 aliphatic rings. The van der Waals surface area contributed by atoms with Gasteiger partial charge in [-0.05, 0) is 30.5 Å². The largest absolute Gasteiger partial charge is 0.478 e. The molecule has 2 atom stereocenters. The van der Waals surface area contributed by atoms with E-state index in [2.05, 4.69) is 36.7 Å². The van der Waals surface area contributed by atoms with Crippen molar-refractivity contribution in [2.75, 3.05) is 0 Å². The Balaban J connectivity index is 0.000000765. The van der Waals surface area contributed by atoms with Crippen molar-refractivity contribution in [3.63, 3.8) is 0 Å². The number of carbonyl (C=O) groups is 3. The summed E-state index contributed by atoms with van der Waals surface area (Å²) in [5.74, 6) is -1.11. The standard InChI is InChI=1S/C14H16N4O4.C4H10/c1-7(15)12(19)17-10-6-16-11(18-13(10)20)8-2-4-9(5-3-8)14(21)22;1-4(2)3/h2-7,11,16H,15H2,1H3,(H,17,19)(H,18,20)(H,21,22);4H,1-3H3. The fourth-order valence-electron chi connectivity index (χ4n) is 1.82. The topological polar surface area (TPSA) is 134 Å². The normalized spacial score (nSPS) is 17.1. The predicted molar refractivity (Wildman–Crippen MR) is 97.8 cm³/mol. The van der Waals surface area contributed by atoms with Gasteiger partial charge in [-0.3, -0.25) is 9.59 Å². The summed E-state index contributed by atoms with van der Waals surface area (Å²) in [4.78, 5) is 34.2. The van der Waals surface area contributed by atoms with E-state index in [1.54, 1.807) is 12.1 Å². The second-order valence-corrected chi connectivity index (χ2v) is 6.57. The maximum absolute atomic E-state index is 11.9. The van der Waals surface area contributed by atoms with Crippen molar-refractivity contribution in [1.29, 1.82) is 0 Å². The number of rotatable bonds is 4. The lowest BCUT2D eigenvalue weighted by atomic mass is 10.1. The zero-order chi connectivity index (χ0) is 19.9. The average Bonchev–Trinajstić information content (AvgIpc) is 2.56. The van der Waals surface area contributed by atoms with E-state index in [0.717, 1.165) is 5.92 Å². The third kappa shape index (κ3) is 6.56. The number of nitrogens with two attached hydrogens (primary N) is 1. The highest BCUT2D eigenvalue weighted by Crippen LogP contribution is 2.15. The number of benzene rings is 1. The minimum atomic E-state index is -1.02. The van der Waals surface area contributed by atoms with Gasteiger partial charge in [-0.1, -0.05) is 32.9 Å². The van der Waals surface area contributed by atoms with E-state index in [1.807, 2.05) is 0 Å². The molecule has 1 aromatic rings. The molecular weight excluding hydrogens is 336 g/mol. The summed E-state index contributed by atoms with van der Waals surface area (Å²) < 4.78 is 0. The van der Waals surface area contributed by atoms with E-state index < -0.39 is 30.0 Å². The Morgan fingerprint density at radius 1 is 1.15 bits per heavy atom.